The van der Waals surface area contributed by atoms with Gasteiger partial charge in [-0.25, -0.2) is 4.79 Å². The third-order valence-electron chi connectivity index (χ3n) is 5.12. The predicted molar refractivity (Wildman–Crippen MR) is 98.7 cm³/mol. The van der Waals surface area contributed by atoms with E-state index in [1.807, 2.05) is 21.9 Å². The first kappa shape index (κ1) is 18.1. The summed E-state index contributed by atoms with van der Waals surface area (Å²) < 4.78 is 0. The molecule has 5 nitrogen and oxygen atoms in total. The molecule has 1 heterocycles. The van der Waals surface area contributed by atoms with Crippen molar-refractivity contribution in [2.45, 2.75) is 44.6 Å². The fourth-order valence-corrected chi connectivity index (χ4v) is 3.69. The summed E-state index contributed by atoms with van der Waals surface area (Å²) in [6.45, 7) is 2.41. The summed E-state index contributed by atoms with van der Waals surface area (Å²) in [5, 5.41) is 3.82. The number of halogens is 1. The van der Waals surface area contributed by atoms with Crippen molar-refractivity contribution in [3.8, 4) is 0 Å². The minimum atomic E-state index is 0.0247. The second-order valence-corrected chi connectivity index (χ2v) is 7.39. The highest BCUT2D eigenvalue weighted by atomic mass is 35.5. The summed E-state index contributed by atoms with van der Waals surface area (Å²) in [5.74, 6) is 0.106. The zero-order chi connectivity index (χ0) is 17.6. The average molecular weight is 364 g/mol. The lowest BCUT2D eigenvalue weighted by Gasteiger charge is -2.36. The number of amides is 3. The Hall–Kier alpha value is -1.75. The number of carbonyl (C=O) groups excluding carboxylic acids is 2. The van der Waals surface area contributed by atoms with Crippen LogP contribution in [0.2, 0.25) is 5.02 Å². The molecule has 1 aliphatic carbocycles. The Morgan fingerprint density at radius 3 is 2.20 bits per heavy atom. The second kappa shape index (κ2) is 8.56. The molecule has 25 heavy (non-hydrogen) atoms. The van der Waals surface area contributed by atoms with E-state index in [4.69, 9.17) is 11.6 Å². The molecule has 0 aromatic heterocycles. The molecule has 1 saturated heterocycles. The smallest absolute Gasteiger partial charge is 0.317 e. The maximum atomic E-state index is 12.4. The Bertz CT molecular complexity index is 591. The number of rotatable bonds is 3. The topological polar surface area (TPSA) is 52.7 Å². The lowest BCUT2D eigenvalue weighted by atomic mass is 9.96. The molecule has 0 bridgehead atoms. The summed E-state index contributed by atoms with van der Waals surface area (Å²) >= 11 is 5.87. The molecule has 1 aromatic rings. The number of urea groups is 1. The van der Waals surface area contributed by atoms with Crippen LogP contribution in [0.1, 0.15) is 37.7 Å². The number of benzene rings is 1. The molecule has 2 aliphatic rings. The first-order valence-corrected chi connectivity index (χ1v) is 9.57. The van der Waals surface area contributed by atoms with Gasteiger partial charge >= 0.3 is 6.03 Å². The van der Waals surface area contributed by atoms with E-state index in [0.29, 0.717) is 43.7 Å². The highest BCUT2D eigenvalue weighted by molar-refractivity contribution is 6.30. The Morgan fingerprint density at radius 2 is 1.56 bits per heavy atom. The first-order valence-electron chi connectivity index (χ1n) is 9.19. The molecule has 0 spiro atoms. The molecule has 1 N–H and O–H groups in total. The maximum Gasteiger partial charge on any atom is 0.317 e. The fourth-order valence-electron chi connectivity index (χ4n) is 3.56. The largest absolute Gasteiger partial charge is 0.339 e. The van der Waals surface area contributed by atoms with E-state index < -0.39 is 0 Å². The molecule has 1 aliphatic heterocycles. The molecule has 6 heteroatoms. The Morgan fingerprint density at radius 1 is 0.960 bits per heavy atom. The number of piperazine rings is 1. The van der Waals surface area contributed by atoms with Crippen LogP contribution in [0.3, 0.4) is 0 Å². The van der Waals surface area contributed by atoms with Gasteiger partial charge < -0.3 is 15.1 Å². The number of carbonyl (C=O) groups is 2. The van der Waals surface area contributed by atoms with Gasteiger partial charge in [-0.15, -0.1) is 0 Å². The standard InChI is InChI=1S/C19H26ClN3O2/c20-16-8-6-15(7-9-16)14-18(24)22-10-12-23(13-11-22)19(25)21-17-4-2-1-3-5-17/h6-9,17H,1-5,10-14H2,(H,21,25). The highest BCUT2D eigenvalue weighted by Crippen LogP contribution is 2.18. The highest BCUT2D eigenvalue weighted by Gasteiger charge is 2.25. The molecule has 1 aromatic carbocycles. The minimum Gasteiger partial charge on any atom is -0.339 e. The van der Waals surface area contributed by atoms with E-state index in [1.165, 1.54) is 19.3 Å². The van der Waals surface area contributed by atoms with Crippen molar-refractivity contribution < 1.29 is 9.59 Å². The number of hydrogen-bond acceptors (Lipinski definition) is 2. The molecule has 0 unspecified atom stereocenters. The van der Waals surface area contributed by atoms with Crippen molar-refractivity contribution >= 4 is 23.5 Å². The lowest BCUT2D eigenvalue weighted by molar-refractivity contribution is -0.131. The van der Waals surface area contributed by atoms with Gasteiger partial charge in [-0.1, -0.05) is 43.0 Å². The molecule has 1 saturated carbocycles. The van der Waals surface area contributed by atoms with Crippen LogP contribution in [0.25, 0.3) is 0 Å². The lowest BCUT2D eigenvalue weighted by Crippen LogP contribution is -2.54. The minimum absolute atomic E-state index is 0.0247. The van der Waals surface area contributed by atoms with E-state index >= 15 is 0 Å². The summed E-state index contributed by atoms with van der Waals surface area (Å²) in [7, 11) is 0. The van der Waals surface area contributed by atoms with Crippen LogP contribution in [0.5, 0.6) is 0 Å². The normalized spacial score (nSPS) is 18.9. The molecule has 0 atom stereocenters. The van der Waals surface area contributed by atoms with E-state index in [2.05, 4.69) is 5.32 Å². The van der Waals surface area contributed by atoms with Crippen LogP contribution in [-0.2, 0) is 11.2 Å². The molecular formula is C19H26ClN3O2. The van der Waals surface area contributed by atoms with Crippen molar-refractivity contribution in [3.05, 3.63) is 34.9 Å². The van der Waals surface area contributed by atoms with Crippen molar-refractivity contribution in [1.82, 2.24) is 15.1 Å². The maximum absolute atomic E-state index is 12.4. The van der Waals surface area contributed by atoms with Gasteiger partial charge in [0.2, 0.25) is 5.91 Å². The van der Waals surface area contributed by atoms with Crippen molar-refractivity contribution in [3.63, 3.8) is 0 Å². The van der Waals surface area contributed by atoms with Gasteiger partial charge in [-0.05, 0) is 30.5 Å². The van der Waals surface area contributed by atoms with Crippen LogP contribution >= 0.6 is 11.6 Å². The summed E-state index contributed by atoms with van der Waals surface area (Å²) in [6, 6.07) is 7.72. The van der Waals surface area contributed by atoms with Gasteiger partial charge in [0, 0.05) is 37.2 Å². The van der Waals surface area contributed by atoms with Crippen molar-refractivity contribution in [1.29, 1.82) is 0 Å². The van der Waals surface area contributed by atoms with Crippen LogP contribution in [-0.4, -0.2) is 54.0 Å². The second-order valence-electron chi connectivity index (χ2n) is 6.96. The Labute approximate surface area is 154 Å². The Balaban J connectivity index is 1.43. The van der Waals surface area contributed by atoms with Crippen LogP contribution in [0.4, 0.5) is 4.79 Å². The zero-order valence-electron chi connectivity index (χ0n) is 14.5. The SMILES string of the molecule is O=C(Cc1ccc(Cl)cc1)N1CCN(C(=O)NC2CCCCC2)CC1. The van der Waals surface area contributed by atoms with Crippen LogP contribution in [0, 0.1) is 0 Å². The van der Waals surface area contributed by atoms with Gasteiger partial charge in [0.05, 0.1) is 6.42 Å². The first-order chi connectivity index (χ1) is 12.1. The Kier molecular flexibility index (Phi) is 6.19. The van der Waals surface area contributed by atoms with Gasteiger partial charge in [0.15, 0.2) is 0 Å². The zero-order valence-corrected chi connectivity index (χ0v) is 15.3. The van der Waals surface area contributed by atoms with Crippen molar-refractivity contribution in [2.24, 2.45) is 0 Å². The molecule has 136 valence electrons. The van der Waals surface area contributed by atoms with Gasteiger partial charge in [0.1, 0.15) is 0 Å². The summed E-state index contributed by atoms with van der Waals surface area (Å²) in [6.07, 6.45) is 6.25. The number of nitrogens with zero attached hydrogens (tertiary/aromatic N) is 2. The third kappa shape index (κ3) is 5.11. The quantitative estimate of drug-likeness (QED) is 0.897. The molecule has 0 radical (unpaired) electrons. The molecule has 3 rings (SSSR count). The monoisotopic (exact) mass is 363 g/mol. The van der Waals surface area contributed by atoms with E-state index in [1.54, 1.807) is 12.1 Å². The molecular weight excluding hydrogens is 338 g/mol. The van der Waals surface area contributed by atoms with Gasteiger partial charge in [0.25, 0.3) is 0 Å². The predicted octanol–water partition coefficient (Wildman–Crippen LogP) is 3.07. The fraction of sp³-hybridized carbons (Fsp3) is 0.579. The third-order valence-corrected chi connectivity index (χ3v) is 5.37. The summed E-state index contributed by atoms with van der Waals surface area (Å²) in [4.78, 5) is 28.5. The van der Waals surface area contributed by atoms with Gasteiger partial charge in [-0.2, -0.15) is 0 Å². The van der Waals surface area contributed by atoms with E-state index in [9.17, 15) is 9.59 Å². The van der Waals surface area contributed by atoms with Crippen LogP contribution in [0.15, 0.2) is 24.3 Å². The molecule has 2 fully saturated rings. The van der Waals surface area contributed by atoms with Crippen molar-refractivity contribution in [2.75, 3.05) is 26.2 Å². The van der Waals surface area contributed by atoms with Gasteiger partial charge in [-0.3, -0.25) is 4.79 Å². The van der Waals surface area contributed by atoms with E-state index in [-0.39, 0.29) is 11.9 Å². The molecule has 3 amide bonds. The van der Waals surface area contributed by atoms with Crippen LogP contribution < -0.4 is 5.32 Å². The average Bonchev–Trinajstić information content (AvgIpc) is 2.64. The van der Waals surface area contributed by atoms with E-state index in [0.717, 1.165) is 18.4 Å². The number of hydrogen-bond donors (Lipinski definition) is 1. The number of nitrogens with one attached hydrogen (secondary N) is 1. The summed E-state index contributed by atoms with van der Waals surface area (Å²) in [5.41, 5.74) is 0.965.